The standard InChI is InChI=1S/C9H9BrO3/c1-13-9(12)8(10)6-2-4-7(11)5-3-6/h2-5,8,11H,1H3. The maximum Gasteiger partial charge on any atom is 0.323 e. The minimum absolute atomic E-state index is 0.174. The second kappa shape index (κ2) is 4.28. The lowest BCUT2D eigenvalue weighted by Gasteiger charge is -2.07. The fourth-order valence-corrected chi connectivity index (χ4v) is 1.37. The Labute approximate surface area is 84.5 Å². The molecule has 0 saturated heterocycles. The first-order valence-electron chi connectivity index (χ1n) is 3.66. The van der Waals surface area contributed by atoms with E-state index in [1.54, 1.807) is 12.1 Å². The van der Waals surface area contributed by atoms with Crippen molar-refractivity contribution >= 4 is 21.9 Å². The van der Waals surface area contributed by atoms with E-state index in [0.717, 1.165) is 5.56 Å². The van der Waals surface area contributed by atoms with Crippen LogP contribution in [0.4, 0.5) is 0 Å². The Kier molecular flexibility index (Phi) is 3.31. The van der Waals surface area contributed by atoms with Crippen LogP contribution in [0, 0.1) is 0 Å². The lowest BCUT2D eigenvalue weighted by Crippen LogP contribution is -2.07. The molecule has 0 heterocycles. The van der Waals surface area contributed by atoms with Crippen molar-refractivity contribution in [3.05, 3.63) is 29.8 Å². The highest BCUT2D eigenvalue weighted by atomic mass is 79.9. The van der Waals surface area contributed by atoms with Gasteiger partial charge in [0.15, 0.2) is 0 Å². The van der Waals surface area contributed by atoms with E-state index < -0.39 is 4.83 Å². The Morgan fingerprint density at radius 3 is 2.46 bits per heavy atom. The summed E-state index contributed by atoms with van der Waals surface area (Å²) < 4.78 is 4.55. The van der Waals surface area contributed by atoms with E-state index in [0.29, 0.717) is 0 Å². The number of aromatic hydroxyl groups is 1. The predicted molar refractivity (Wildman–Crippen MR) is 51.8 cm³/mol. The van der Waals surface area contributed by atoms with Crippen molar-refractivity contribution in [1.29, 1.82) is 0 Å². The molecule has 0 aliphatic heterocycles. The van der Waals surface area contributed by atoms with Gasteiger partial charge in [0.2, 0.25) is 0 Å². The molecule has 1 unspecified atom stereocenters. The highest BCUT2D eigenvalue weighted by molar-refractivity contribution is 9.09. The third-order valence-corrected chi connectivity index (χ3v) is 2.50. The summed E-state index contributed by atoms with van der Waals surface area (Å²) in [5, 5.41) is 9.00. The number of esters is 1. The molecule has 0 amide bonds. The number of hydrogen-bond donors (Lipinski definition) is 1. The zero-order chi connectivity index (χ0) is 9.84. The van der Waals surface area contributed by atoms with Gasteiger partial charge in [-0.3, -0.25) is 4.79 Å². The van der Waals surface area contributed by atoms with Gasteiger partial charge in [0.25, 0.3) is 0 Å². The van der Waals surface area contributed by atoms with Crippen molar-refractivity contribution in [1.82, 2.24) is 0 Å². The van der Waals surface area contributed by atoms with Crippen LogP contribution in [0.1, 0.15) is 10.4 Å². The first-order chi connectivity index (χ1) is 6.15. The summed E-state index contributed by atoms with van der Waals surface area (Å²) in [7, 11) is 1.33. The molecule has 0 radical (unpaired) electrons. The zero-order valence-electron chi connectivity index (χ0n) is 7.03. The number of rotatable bonds is 2. The van der Waals surface area contributed by atoms with Gasteiger partial charge >= 0.3 is 5.97 Å². The van der Waals surface area contributed by atoms with Crippen LogP contribution in [0.25, 0.3) is 0 Å². The molecule has 4 heteroatoms. The third-order valence-electron chi connectivity index (χ3n) is 1.59. The number of carbonyl (C=O) groups excluding carboxylic acids is 1. The molecule has 1 aromatic rings. The van der Waals surface area contributed by atoms with E-state index in [9.17, 15) is 4.79 Å². The molecule has 0 bridgehead atoms. The Morgan fingerprint density at radius 2 is 2.00 bits per heavy atom. The molecule has 13 heavy (non-hydrogen) atoms. The highest BCUT2D eigenvalue weighted by Crippen LogP contribution is 2.25. The lowest BCUT2D eigenvalue weighted by molar-refractivity contribution is -0.139. The van der Waals surface area contributed by atoms with Crippen LogP contribution >= 0.6 is 15.9 Å². The van der Waals surface area contributed by atoms with Crippen molar-refractivity contribution in [3.8, 4) is 5.75 Å². The summed E-state index contributed by atoms with van der Waals surface area (Å²) in [5.74, 6) is -0.181. The Morgan fingerprint density at radius 1 is 1.46 bits per heavy atom. The second-order valence-electron chi connectivity index (χ2n) is 2.48. The SMILES string of the molecule is COC(=O)C(Br)c1ccc(O)cc1. The van der Waals surface area contributed by atoms with Crippen LogP contribution in [0.15, 0.2) is 24.3 Å². The quantitative estimate of drug-likeness (QED) is 0.640. The topological polar surface area (TPSA) is 46.5 Å². The summed E-state index contributed by atoms with van der Waals surface area (Å²) in [4.78, 5) is 10.6. The van der Waals surface area contributed by atoms with Crippen LogP contribution in [-0.4, -0.2) is 18.2 Å². The number of hydrogen-bond acceptors (Lipinski definition) is 3. The molecule has 0 saturated carbocycles. The van der Waals surface area contributed by atoms with E-state index in [2.05, 4.69) is 20.7 Å². The molecule has 0 aromatic heterocycles. The van der Waals surface area contributed by atoms with Crippen LogP contribution < -0.4 is 0 Å². The van der Waals surface area contributed by atoms with Gasteiger partial charge in [0.05, 0.1) is 7.11 Å². The average Bonchev–Trinajstić information content (AvgIpc) is 2.17. The monoisotopic (exact) mass is 244 g/mol. The summed E-state index contributed by atoms with van der Waals surface area (Å²) in [6, 6.07) is 6.36. The molecular formula is C9H9BrO3. The third kappa shape index (κ3) is 2.45. The van der Waals surface area contributed by atoms with Gasteiger partial charge in [0.1, 0.15) is 10.6 Å². The molecule has 1 N–H and O–H groups in total. The van der Waals surface area contributed by atoms with Crippen molar-refractivity contribution < 1.29 is 14.6 Å². The number of methoxy groups -OCH3 is 1. The largest absolute Gasteiger partial charge is 0.508 e. The van der Waals surface area contributed by atoms with E-state index in [1.807, 2.05) is 0 Å². The zero-order valence-corrected chi connectivity index (χ0v) is 8.61. The van der Waals surface area contributed by atoms with Gasteiger partial charge in [-0.1, -0.05) is 28.1 Å². The molecular weight excluding hydrogens is 236 g/mol. The van der Waals surface area contributed by atoms with E-state index in [4.69, 9.17) is 5.11 Å². The molecule has 1 aromatic carbocycles. The average molecular weight is 245 g/mol. The van der Waals surface area contributed by atoms with E-state index in [1.165, 1.54) is 19.2 Å². The van der Waals surface area contributed by atoms with Crippen molar-refractivity contribution in [2.45, 2.75) is 4.83 Å². The van der Waals surface area contributed by atoms with Crippen LogP contribution in [-0.2, 0) is 9.53 Å². The van der Waals surface area contributed by atoms with Gasteiger partial charge in [-0.25, -0.2) is 0 Å². The number of ether oxygens (including phenoxy) is 1. The fraction of sp³-hybridized carbons (Fsp3) is 0.222. The molecule has 0 fully saturated rings. The Balaban J connectivity index is 2.83. The number of alkyl halides is 1. The van der Waals surface area contributed by atoms with Crippen molar-refractivity contribution in [2.24, 2.45) is 0 Å². The van der Waals surface area contributed by atoms with Gasteiger partial charge < -0.3 is 9.84 Å². The number of carbonyl (C=O) groups is 1. The summed E-state index contributed by atoms with van der Waals surface area (Å²) >= 11 is 3.18. The number of halogens is 1. The summed E-state index contributed by atoms with van der Waals surface area (Å²) in [5.41, 5.74) is 0.754. The second-order valence-corrected chi connectivity index (χ2v) is 3.39. The molecule has 0 aliphatic carbocycles. The maximum atomic E-state index is 11.1. The van der Waals surface area contributed by atoms with Gasteiger partial charge in [-0.15, -0.1) is 0 Å². The summed E-state index contributed by atoms with van der Waals surface area (Å²) in [6.45, 7) is 0. The number of benzene rings is 1. The van der Waals surface area contributed by atoms with E-state index in [-0.39, 0.29) is 11.7 Å². The molecule has 1 rings (SSSR count). The first kappa shape index (κ1) is 10.1. The smallest absolute Gasteiger partial charge is 0.323 e. The molecule has 0 aliphatic rings. The molecule has 0 spiro atoms. The molecule has 1 atom stereocenters. The first-order valence-corrected chi connectivity index (χ1v) is 4.57. The van der Waals surface area contributed by atoms with Gasteiger partial charge in [0, 0.05) is 0 Å². The number of phenols is 1. The van der Waals surface area contributed by atoms with Gasteiger partial charge in [-0.05, 0) is 17.7 Å². The number of phenolic OH excluding ortho intramolecular Hbond substituents is 1. The lowest BCUT2D eigenvalue weighted by atomic mass is 10.1. The van der Waals surface area contributed by atoms with E-state index >= 15 is 0 Å². The Hall–Kier alpha value is -1.03. The van der Waals surface area contributed by atoms with Crippen LogP contribution in [0.5, 0.6) is 5.75 Å². The minimum Gasteiger partial charge on any atom is -0.508 e. The summed E-state index contributed by atoms with van der Waals surface area (Å²) in [6.07, 6.45) is 0. The van der Waals surface area contributed by atoms with Crippen molar-refractivity contribution in [3.63, 3.8) is 0 Å². The van der Waals surface area contributed by atoms with Crippen LogP contribution in [0.3, 0.4) is 0 Å². The molecule has 70 valence electrons. The minimum atomic E-state index is -0.474. The molecule has 3 nitrogen and oxygen atoms in total. The van der Waals surface area contributed by atoms with Crippen molar-refractivity contribution in [2.75, 3.05) is 7.11 Å². The maximum absolute atomic E-state index is 11.1. The van der Waals surface area contributed by atoms with Crippen LogP contribution in [0.2, 0.25) is 0 Å². The normalized spacial score (nSPS) is 12.2. The Bertz CT molecular complexity index is 294. The fourth-order valence-electron chi connectivity index (χ4n) is 0.883. The predicted octanol–water partition coefficient (Wildman–Crippen LogP) is 2.00. The highest BCUT2D eigenvalue weighted by Gasteiger charge is 2.16. The van der Waals surface area contributed by atoms with Gasteiger partial charge in [-0.2, -0.15) is 0 Å².